The molecule has 0 saturated carbocycles. The number of hydrogen-bond donors (Lipinski definition) is 1. The molecule has 0 bridgehead atoms. The van der Waals surface area contributed by atoms with E-state index in [0.717, 1.165) is 18.7 Å². The van der Waals surface area contributed by atoms with Crippen LogP contribution in [0.25, 0.3) is 0 Å². The number of nitrogens with zero attached hydrogens (tertiary/aromatic N) is 2. The van der Waals surface area contributed by atoms with Crippen LogP contribution in [0.5, 0.6) is 0 Å². The van der Waals surface area contributed by atoms with Gasteiger partial charge < -0.3 is 10.2 Å². The van der Waals surface area contributed by atoms with Gasteiger partial charge in [-0.05, 0) is 25.6 Å². The van der Waals surface area contributed by atoms with Crippen molar-refractivity contribution in [2.24, 2.45) is 0 Å². The average Bonchev–Trinajstić information content (AvgIpc) is 2.24. The summed E-state index contributed by atoms with van der Waals surface area (Å²) >= 11 is 0. The van der Waals surface area contributed by atoms with Gasteiger partial charge in [-0.25, -0.2) is 4.39 Å². The second kappa shape index (κ2) is 4.57. The lowest BCUT2D eigenvalue weighted by atomic mass is 10.0. The smallest absolute Gasteiger partial charge is 0.133 e. The first-order valence-electron chi connectivity index (χ1n) is 5.25. The molecule has 0 spiro atoms. The Morgan fingerprint density at radius 2 is 2.47 bits per heavy atom. The van der Waals surface area contributed by atoms with Gasteiger partial charge in [-0.2, -0.15) is 0 Å². The zero-order chi connectivity index (χ0) is 10.7. The molecule has 1 aromatic heterocycles. The summed E-state index contributed by atoms with van der Waals surface area (Å²) < 4.78 is 13.7. The molecule has 0 radical (unpaired) electrons. The molecule has 2 atom stereocenters. The molecule has 0 amide bonds. The minimum absolute atomic E-state index is 0.0783. The summed E-state index contributed by atoms with van der Waals surface area (Å²) in [6, 6.07) is 3.69. The van der Waals surface area contributed by atoms with Crippen molar-refractivity contribution in [2.75, 3.05) is 25.5 Å². The number of rotatable bonds is 2. The fourth-order valence-electron chi connectivity index (χ4n) is 1.88. The van der Waals surface area contributed by atoms with Crippen molar-refractivity contribution < 1.29 is 4.39 Å². The Balaban J connectivity index is 1.95. The number of piperidine rings is 1. The van der Waals surface area contributed by atoms with Gasteiger partial charge in [0.25, 0.3) is 0 Å². The third kappa shape index (κ3) is 2.65. The van der Waals surface area contributed by atoms with Crippen LogP contribution in [0, 0.1) is 0 Å². The van der Waals surface area contributed by atoms with Crippen molar-refractivity contribution in [3.05, 3.63) is 24.5 Å². The Morgan fingerprint density at radius 3 is 3.13 bits per heavy atom. The van der Waals surface area contributed by atoms with E-state index in [-0.39, 0.29) is 6.04 Å². The largest absolute Gasteiger partial charge is 0.378 e. The molecule has 4 heteroatoms. The lowest BCUT2D eigenvalue weighted by Crippen LogP contribution is -2.46. The fraction of sp³-hybridized carbons (Fsp3) is 0.545. The highest BCUT2D eigenvalue weighted by Crippen LogP contribution is 2.17. The topological polar surface area (TPSA) is 28.2 Å². The summed E-state index contributed by atoms with van der Waals surface area (Å²) in [6.07, 6.45) is 3.48. The van der Waals surface area contributed by atoms with Crippen LogP contribution in [0.1, 0.15) is 6.42 Å². The SMILES string of the molecule is CN1CCC(Nc2cccnc2)C(F)C1. The van der Waals surface area contributed by atoms with E-state index in [0.29, 0.717) is 6.54 Å². The normalized spacial score (nSPS) is 27.6. The van der Waals surface area contributed by atoms with Crippen molar-refractivity contribution in [2.45, 2.75) is 18.6 Å². The molecular formula is C11H16FN3. The number of nitrogens with one attached hydrogen (secondary N) is 1. The van der Waals surface area contributed by atoms with E-state index in [1.54, 1.807) is 12.4 Å². The number of aromatic nitrogens is 1. The predicted octanol–water partition coefficient (Wildman–Crippen LogP) is 1.54. The van der Waals surface area contributed by atoms with Gasteiger partial charge in [-0.15, -0.1) is 0 Å². The fourth-order valence-corrected chi connectivity index (χ4v) is 1.88. The number of pyridine rings is 1. The average molecular weight is 209 g/mol. The Morgan fingerprint density at radius 1 is 1.60 bits per heavy atom. The standard InChI is InChI=1S/C11H16FN3/c1-15-6-4-11(10(12)8-15)14-9-3-2-5-13-7-9/h2-3,5,7,10-11,14H,4,6,8H2,1H3. The number of halogens is 1. The third-order valence-electron chi connectivity index (χ3n) is 2.76. The predicted molar refractivity (Wildman–Crippen MR) is 58.7 cm³/mol. The van der Waals surface area contributed by atoms with E-state index in [1.807, 2.05) is 24.1 Å². The van der Waals surface area contributed by atoms with Crippen molar-refractivity contribution in [1.29, 1.82) is 0 Å². The van der Waals surface area contributed by atoms with Crippen LogP contribution in [-0.4, -0.2) is 42.2 Å². The summed E-state index contributed by atoms with van der Waals surface area (Å²) in [6.45, 7) is 1.45. The van der Waals surface area contributed by atoms with E-state index in [1.165, 1.54) is 0 Å². The summed E-state index contributed by atoms with van der Waals surface area (Å²) in [7, 11) is 1.95. The first kappa shape index (κ1) is 10.4. The van der Waals surface area contributed by atoms with E-state index in [2.05, 4.69) is 10.3 Å². The second-order valence-corrected chi connectivity index (χ2v) is 4.06. The molecule has 1 aliphatic rings. The van der Waals surface area contributed by atoms with Crippen molar-refractivity contribution in [3.8, 4) is 0 Å². The van der Waals surface area contributed by atoms with Crippen LogP contribution in [-0.2, 0) is 0 Å². The van der Waals surface area contributed by atoms with Crippen LogP contribution >= 0.6 is 0 Å². The zero-order valence-electron chi connectivity index (χ0n) is 8.86. The van der Waals surface area contributed by atoms with Gasteiger partial charge in [-0.3, -0.25) is 4.98 Å². The van der Waals surface area contributed by atoms with Crippen LogP contribution in [0.3, 0.4) is 0 Å². The molecule has 3 nitrogen and oxygen atoms in total. The monoisotopic (exact) mass is 209 g/mol. The van der Waals surface area contributed by atoms with Gasteiger partial charge in [0.15, 0.2) is 0 Å². The highest BCUT2D eigenvalue weighted by Gasteiger charge is 2.27. The lowest BCUT2D eigenvalue weighted by molar-refractivity contribution is 0.149. The molecule has 0 aromatic carbocycles. The molecule has 2 rings (SSSR count). The number of alkyl halides is 1. The Hall–Kier alpha value is -1.16. The molecule has 82 valence electrons. The van der Waals surface area contributed by atoms with E-state index < -0.39 is 6.17 Å². The second-order valence-electron chi connectivity index (χ2n) is 4.06. The van der Waals surface area contributed by atoms with Crippen molar-refractivity contribution in [1.82, 2.24) is 9.88 Å². The molecule has 1 aromatic rings. The maximum absolute atomic E-state index is 13.7. The molecule has 15 heavy (non-hydrogen) atoms. The maximum Gasteiger partial charge on any atom is 0.133 e. The van der Waals surface area contributed by atoms with Gasteiger partial charge >= 0.3 is 0 Å². The van der Waals surface area contributed by atoms with E-state index in [9.17, 15) is 4.39 Å². The summed E-state index contributed by atoms with van der Waals surface area (Å²) in [5.41, 5.74) is 0.898. The van der Waals surface area contributed by atoms with E-state index in [4.69, 9.17) is 0 Å². The van der Waals surface area contributed by atoms with Crippen LogP contribution in [0.2, 0.25) is 0 Å². The first-order chi connectivity index (χ1) is 7.25. The van der Waals surface area contributed by atoms with E-state index >= 15 is 0 Å². The number of likely N-dealkylation sites (tertiary alicyclic amines) is 1. The van der Waals surface area contributed by atoms with Gasteiger partial charge in [0.2, 0.25) is 0 Å². The summed E-state index contributed by atoms with van der Waals surface area (Å²) in [5.74, 6) is 0. The van der Waals surface area contributed by atoms with Gasteiger partial charge in [-0.1, -0.05) is 0 Å². The minimum Gasteiger partial charge on any atom is -0.378 e. The lowest BCUT2D eigenvalue weighted by Gasteiger charge is -2.33. The summed E-state index contributed by atoms with van der Waals surface area (Å²) in [5, 5.41) is 3.19. The Labute approximate surface area is 89.3 Å². The third-order valence-corrected chi connectivity index (χ3v) is 2.76. The zero-order valence-corrected chi connectivity index (χ0v) is 8.86. The maximum atomic E-state index is 13.7. The van der Waals surface area contributed by atoms with Gasteiger partial charge in [0.1, 0.15) is 6.17 Å². The molecule has 1 N–H and O–H groups in total. The van der Waals surface area contributed by atoms with Gasteiger partial charge in [0.05, 0.1) is 11.7 Å². The summed E-state index contributed by atoms with van der Waals surface area (Å²) in [4.78, 5) is 6.01. The molecular weight excluding hydrogens is 193 g/mol. The highest BCUT2D eigenvalue weighted by atomic mass is 19.1. The van der Waals surface area contributed by atoms with Crippen LogP contribution in [0.15, 0.2) is 24.5 Å². The van der Waals surface area contributed by atoms with Crippen molar-refractivity contribution in [3.63, 3.8) is 0 Å². The van der Waals surface area contributed by atoms with Crippen molar-refractivity contribution >= 4 is 5.69 Å². The minimum atomic E-state index is -0.802. The highest BCUT2D eigenvalue weighted by molar-refractivity contribution is 5.41. The molecule has 2 unspecified atom stereocenters. The Kier molecular flexibility index (Phi) is 3.16. The molecule has 1 saturated heterocycles. The molecule has 1 fully saturated rings. The number of anilines is 1. The molecule has 1 aliphatic heterocycles. The van der Waals surface area contributed by atoms with Crippen LogP contribution < -0.4 is 5.32 Å². The molecule has 2 heterocycles. The quantitative estimate of drug-likeness (QED) is 0.800. The Bertz CT molecular complexity index is 304. The number of hydrogen-bond acceptors (Lipinski definition) is 3. The first-order valence-corrected chi connectivity index (χ1v) is 5.25. The van der Waals surface area contributed by atoms with Crippen LogP contribution in [0.4, 0.5) is 10.1 Å². The van der Waals surface area contributed by atoms with Gasteiger partial charge in [0, 0.05) is 25.5 Å². The molecule has 0 aliphatic carbocycles.